The Bertz CT molecular complexity index is 509. The Morgan fingerprint density at radius 1 is 1.24 bits per heavy atom. The van der Waals surface area contributed by atoms with Gasteiger partial charge in [-0.3, -0.25) is 0 Å². The minimum absolute atomic E-state index is 0.0634. The number of urea groups is 1. The summed E-state index contributed by atoms with van der Waals surface area (Å²) in [6.45, 7) is 0. The minimum atomic E-state index is -0.809. The Labute approximate surface area is 96.8 Å². The lowest BCUT2D eigenvalue weighted by molar-refractivity contribution is 0.254. The highest BCUT2D eigenvalue weighted by atomic mass is 19.1. The van der Waals surface area contributed by atoms with Gasteiger partial charge < -0.3 is 10.6 Å². The number of carbonyl (C=O) groups excluding carboxylic acids is 1. The predicted octanol–water partition coefficient (Wildman–Crippen LogP) is 2.93. The number of carbonyl (C=O) groups is 1. The maximum absolute atomic E-state index is 13.2. The van der Waals surface area contributed by atoms with E-state index in [2.05, 4.69) is 10.6 Å². The van der Waals surface area contributed by atoms with E-state index in [1.165, 1.54) is 6.07 Å². The molecule has 5 heteroatoms. The zero-order valence-electron chi connectivity index (χ0n) is 8.84. The molecule has 0 spiro atoms. The van der Waals surface area contributed by atoms with Gasteiger partial charge in [0.1, 0.15) is 11.6 Å². The molecule has 0 atom stereocenters. The molecule has 0 saturated heterocycles. The molecule has 3 nitrogen and oxygen atoms in total. The summed E-state index contributed by atoms with van der Waals surface area (Å²) in [7, 11) is 0. The van der Waals surface area contributed by atoms with Crippen LogP contribution in [0.15, 0.2) is 42.1 Å². The third-order valence-corrected chi connectivity index (χ3v) is 2.21. The molecule has 0 aliphatic heterocycles. The van der Waals surface area contributed by atoms with Gasteiger partial charge in [-0.1, -0.05) is 12.2 Å². The highest BCUT2D eigenvalue weighted by molar-refractivity contribution is 5.90. The number of rotatable bonds is 2. The molecule has 0 bridgehead atoms. The first kappa shape index (κ1) is 11.3. The first-order valence-electron chi connectivity index (χ1n) is 5.05. The number of hydrogen-bond acceptors (Lipinski definition) is 1. The molecule has 0 aromatic heterocycles. The van der Waals surface area contributed by atoms with Crippen LogP contribution in [-0.4, -0.2) is 6.03 Å². The van der Waals surface area contributed by atoms with Crippen molar-refractivity contribution in [2.75, 3.05) is 5.32 Å². The van der Waals surface area contributed by atoms with Crippen LogP contribution in [-0.2, 0) is 0 Å². The molecule has 2 rings (SSSR count). The molecular weight excluding hydrogens is 226 g/mol. The van der Waals surface area contributed by atoms with Crippen molar-refractivity contribution in [2.24, 2.45) is 0 Å². The van der Waals surface area contributed by atoms with Gasteiger partial charge in [-0.05, 0) is 24.6 Å². The largest absolute Gasteiger partial charge is 0.323 e. The smallest absolute Gasteiger partial charge is 0.308 e. The van der Waals surface area contributed by atoms with E-state index in [1.807, 2.05) is 12.2 Å². The summed E-state index contributed by atoms with van der Waals surface area (Å²) in [4.78, 5) is 11.4. The van der Waals surface area contributed by atoms with Crippen LogP contribution in [0.2, 0.25) is 0 Å². The fourth-order valence-electron chi connectivity index (χ4n) is 1.43. The third-order valence-electron chi connectivity index (χ3n) is 2.21. The zero-order valence-corrected chi connectivity index (χ0v) is 8.84. The average Bonchev–Trinajstić information content (AvgIpc) is 2.75. The Morgan fingerprint density at radius 2 is 2.06 bits per heavy atom. The lowest BCUT2D eigenvalue weighted by Gasteiger charge is -2.07. The standard InChI is InChI=1S/C12H10F2N2O/c13-8-5-6-11(10(14)7-8)16-12(17)15-9-3-1-2-4-9/h1,3-7H,2H2,(H2,15,16,17). The van der Waals surface area contributed by atoms with Crippen LogP contribution in [0.5, 0.6) is 0 Å². The summed E-state index contributed by atoms with van der Waals surface area (Å²) in [5.41, 5.74) is 0.594. The molecule has 0 heterocycles. The second-order valence-corrected chi connectivity index (χ2v) is 3.50. The predicted molar refractivity (Wildman–Crippen MR) is 60.4 cm³/mol. The number of halogens is 2. The van der Waals surface area contributed by atoms with Gasteiger partial charge in [0, 0.05) is 11.8 Å². The number of hydrogen-bond donors (Lipinski definition) is 2. The van der Waals surface area contributed by atoms with Gasteiger partial charge in [-0.2, -0.15) is 0 Å². The molecule has 2 amide bonds. The van der Waals surface area contributed by atoms with Gasteiger partial charge in [0.2, 0.25) is 0 Å². The van der Waals surface area contributed by atoms with Crippen LogP contribution < -0.4 is 10.6 Å². The normalized spacial score (nSPS) is 13.4. The lowest BCUT2D eigenvalue weighted by Crippen LogP contribution is -2.27. The van der Waals surface area contributed by atoms with E-state index >= 15 is 0 Å². The summed E-state index contributed by atoms with van der Waals surface area (Å²) in [6, 6.07) is 2.40. The molecule has 1 aliphatic rings. The van der Waals surface area contributed by atoms with Crippen LogP contribution in [0, 0.1) is 11.6 Å². The molecule has 1 aliphatic carbocycles. The molecule has 2 N–H and O–H groups in total. The maximum Gasteiger partial charge on any atom is 0.323 e. The second-order valence-electron chi connectivity index (χ2n) is 3.50. The maximum atomic E-state index is 13.2. The van der Waals surface area contributed by atoms with Crippen molar-refractivity contribution in [3.05, 3.63) is 53.8 Å². The summed E-state index contributed by atoms with van der Waals surface area (Å²) < 4.78 is 25.8. The van der Waals surface area contributed by atoms with E-state index in [4.69, 9.17) is 0 Å². The Morgan fingerprint density at radius 3 is 2.71 bits per heavy atom. The number of benzene rings is 1. The minimum Gasteiger partial charge on any atom is -0.308 e. The van der Waals surface area contributed by atoms with Crippen LogP contribution >= 0.6 is 0 Å². The van der Waals surface area contributed by atoms with E-state index in [0.717, 1.165) is 12.5 Å². The molecule has 0 unspecified atom stereocenters. The van der Waals surface area contributed by atoms with Crippen molar-refractivity contribution >= 4 is 11.7 Å². The van der Waals surface area contributed by atoms with E-state index in [0.29, 0.717) is 11.8 Å². The molecule has 1 aromatic carbocycles. The first-order chi connectivity index (χ1) is 8.15. The number of anilines is 1. The summed E-state index contributed by atoms with van der Waals surface area (Å²) in [5, 5.41) is 4.83. The molecule has 0 radical (unpaired) electrons. The summed E-state index contributed by atoms with van der Waals surface area (Å²) >= 11 is 0. The third kappa shape index (κ3) is 2.90. The second kappa shape index (κ2) is 4.78. The molecule has 0 saturated carbocycles. The Kier molecular flexibility index (Phi) is 3.18. The monoisotopic (exact) mass is 236 g/mol. The van der Waals surface area contributed by atoms with Gasteiger partial charge in [-0.15, -0.1) is 0 Å². The van der Waals surface area contributed by atoms with Gasteiger partial charge in [0.25, 0.3) is 0 Å². The highest BCUT2D eigenvalue weighted by Gasteiger charge is 2.08. The fourth-order valence-corrected chi connectivity index (χ4v) is 1.43. The molecule has 0 fully saturated rings. The van der Waals surface area contributed by atoms with Crippen molar-refractivity contribution in [1.82, 2.24) is 5.32 Å². The van der Waals surface area contributed by atoms with Crippen molar-refractivity contribution in [3.63, 3.8) is 0 Å². The first-order valence-corrected chi connectivity index (χ1v) is 5.05. The van der Waals surface area contributed by atoms with Crippen LogP contribution in [0.4, 0.5) is 19.3 Å². The lowest BCUT2D eigenvalue weighted by atomic mass is 10.3. The van der Waals surface area contributed by atoms with Crippen LogP contribution in [0.1, 0.15) is 6.42 Å². The van der Waals surface area contributed by atoms with Gasteiger partial charge in [0.15, 0.2) is 0 Å². The topological polar surface area (TPSA) is 41.1 Å². The zero-order chi connectivity index (χ0) is 12.3. The average molecular weight is 236 g/mol. The van der Waals surface area contributed by atoms with E-state index in [1.54, 1.807) is 6.08 Å². The van der Waals surface area contributed by atoms with E-state index < -0.39 is 17.7 Å². The SMILES string of the molecule is O=C(NC1=CCC=C1)Nc1ccc(F)cc1F. The van der Waals surface area contributed by atoms with Crippen molar-refractivity contribution in [2.45, 2.75) is 6.42 Å². The number of amides is 2. The Hall–Kier alpha value is -2.17. The fraction of sp³-hybridized carbons (Fsp3) is 0.0833. The molecule has 17 heavy (non-hydrogen) atoms. The Balaban J connectivity index is 2.00. The highest BCUT2D eigenvalue weighted by Crippen LogP contribution is 2.15. The number of allylic oxidation sites excluding steroid dienone is 3. The van der Waals surface area contributed by atoms with E-state index in [9.17, 15) is 13.6 Å². The molecular formula is C12H10F2N2O. The molecule has 88 valence electrons. The number of nitrogens with one attached hydrogen (secondary N) is 2. The van der Waals surface area contributed by atoms with Gasteiger partial charge in [0.05, 0.1) is 5.69 Å². The quantitative estimate of drug-likeness (QED) is 0.814. The van der Waals surface area contributed by atoms with Crippen LogP contribution in [0.25, 0.3) is 0 Å². The van der Waals surface area contributed by atoms with Crippen molar-refractivity contribution in [3.8, 4) is 0 Å². The van der Waals surface area contributed by atoms with Crippen LogP contribution in [0.3, 0.4) is 0 Å². The van der Waals surface area contributed by atoms with Crippen molar-refractivity contribution in [1.29, 1.82) is 0 Å². The van der Waals surface area contributed by atoms with Gasteiger partial charge >= 0.3 is 6.03 Å². The summed E-state index contributed by atoms with van der Waals surface area (Å²) in [6.07, 6.45) is 6.22. The molecule has 1 aromatic rings. The van der Waals surface area contributed by atoms with E-state index in [-0.39, 0.29) is 5.69 Å². The van der Waals surface area contributed by atoms with Gasteiger partial charge in [-0.25, -0.2) is 13.6 Å². The van der Waals surface area contributed by atoms with Crippen molar-refractivity contribution < 1.29 is 13.6 Å². The summed E-state index contributed by atoms with van der Waals surface area (Å²) in [5.74, 6) is -1.49.